The molecule has 0 fully saturated rings. The number of aliphatic hydroxyl groups excluding tert-OH is 1. The van der Waals surface area contributed by atoms with Crippen molar-refractivity contribution in [2.45, 2.75) is 26.3 Å². The van der Waals surface area contributed by atoms with E-state index in [9.17, 15) is 13.2 Å². The summed E-state index contributed by atoms with van der Waals surface area (Å²) in [5.74, 6) is -0.126. The molecule has 0 aliphatic rings. The molecule has 7 heteroatoms. The van der Waals surface area contributed by atoms with Crippen LogP contribution in [0.1, 0.15) is 20.3 Å². The summed E-state index contributed by atoms with van der Waals surface area (Å²) in [6, 6.07) is -0.762. The van der Waals surface area contributed by atoms with Gasteiger partial charge in [0, 0.05) is 13.6 Å². The van der Waals surface area contributed by atoms with Crippen LogP contribution in [0.15, 0.2) is 0 Å². The van der Waals surface area contributed by atoms with E-state index in [1.165, 1.54) is 11.9 Å². The molecule has 17 heavy (non-hydrogen) atoms. The molecule has 0 aromatic heterocycles. The number of nitrogens with zero attached hydrogens (tertiary/aromatic N) is 1. The Balaban J connectivity index is 4.73. The van der Waals surface area contributed by atoms with Gasteiger partial charge in [0.25, 0.3) is 0 Å². The van der Waals surface area contributed by atoms with Crippen molar-refractivity contribution in [2.24, 2.45) is 5.92 Å². The molecule has 0 radical (unpaired) electrons. The molecule has 1 atom stereocenters. The maximum atomic E-state index is 11.9. The number of hydrogen-bond donors (Lipinski definition) is 2. The monoisotopic (exact) mass is 266 g/mol. The van der Waals surface area contributed by atoms with Gasteiger partial charge in [-0.3, -0.25) is 4.79 Å². The van der Waals surface area contributed by atoms with Gasteiger partial charge < -0.3 is 10.0 Å². The van der Waals surface area contributed by atoms with Crippen molar-refractivity contribution >= 4 is 15.9 Å². The Labute approximate surface area is 103 Å². The Bertz CT molecular complexity index is 340. The summed E-state index contributed by atoms with van der Waals surface area (Å²) in [7, 11) is -1.88. The lowest BCUT2D eigenvalue weighted by Gasteiger charge is -2.24. The van der Waals surface area contributed by atoms with Crippen molar-refractivity contribution in [3.8, 4) is 0 Å². The number of nitrogens with one attached hydrogen (secondary N) is 1. The SMILES string of the molecule is CC(C)CC(NS(C)(=O)=O)C(=O)N(C)CCO. The normalized spacial score (nSPS) is 13.8. The number of carbonyl (C=O) groups is 1. The van der Waals surface area contributed by atoms with Gasteiger partial charge in [-0.1, -0.05) is 13.8 Å². The number of rotatable bonds is 7. The summed E-state index contributed by atoms with van der Waals surface area (Å²) in [5, 5.41) is 8.75. The molecule has 0 rings (SSSR count). The Morgan fingerprint density at radius 3 is 2.29 bits per heavy atom. The summed E-state index contributed by atoms with van der Waals surface area (Å²) in [6.45, 7) is 3.88. The van der Waals surface area contributed by atoms with E-state index in [1.54, 1.807) is 0 Å². The molecule has 0 saturated carbocycles. The van der Waals surface area contributed by atoms with Crippen LogP contribution in [0.25, 0.3) is 0 Å². The Kier molecular flexibility index (Phi) is 6.66. The molecule has 102 valence electrons. The van der Waals surface area contributed by atoms with Crippen LogP contribution >= 0.6 is 0 Å². The van der Waals surface area contributed by atoms with E-state index >= 15 is 0 Å². The van der Waals surface area contributed by atoms with Gasteiger partial charge >= 0.3 is 0 Å². The fraction of sp³-hybridized carbons (Fsp3) is 0.900. The van der Waals surface area contributed by atoms with Crippen LogP contribution in [-0.2, 0) is 14.8 Å². The molecule has 0 spiro atoms. The van der Waals surface area contributed by atoms with Gasteiger partial charge in [-0.25, -0.2) is 13.1 Å². The molecule has 0 aromatic rings. The first-order valence-electron chi connectivity index (χ1n) is 5.50. The zero-order chi connectivity index (χ0) is 13.6. The number of likely N-dealkylation sites (N-methyl/N-ethyl adjacent to an activating group) is 1. The summed E-state index contributed by atoms with van der Waals surface area (Å²) in [4.78, 5) is 13.3. The van der Waals surface area contributed by atoms with Gasteiger partial charge in [0.15, 0.2) is 0 Å². The molecule has 1 unspecified atom stereocenters. The predicted octanol–water partition coefficient (Wildman–Crippen LogP) is -0.599. The summed E-state index contributed by atoms with van der Waals surface area (Å²) in [5.41, 5.74) is 0. The molecule has 0 aliphatic heterocycles. The highest BCUT2D eigenvalue weighted by atomic mass is 32.2. The topological polar surface area (TPSA) is 86.7 Å². The third-order valence-corrected chi connectivity index (χ3v) is 2.89. The van der Waals surface area contributed by atoms with Crippen LogP contribution in [0.4, 0.5) is 0 Å². The number of sulfonamides is 1. The molecule has 2 N–H and O–H groups in total. The van der Waals surface area contributed by atoms with Crippen molar-refractivity contribution in [2.75, 3.05) is 26.5 Å². The number of hydrogen-bond acceptors (Lipinski definition) is 4. The highest BCUT2D eigenvalue weighted by Gasteiger charge is 2.25. The molecule has 0 aromatic carbocycles. The second-order valence-corrected chi connectivity index (χ2v) is 6.34. The molecule has 0 bridgehead atoms. The largest absolute Gasteiger partial charge is 0.395 e. The first kappa shape index (κ1) is 16.3. The second-order valence-electron chi connectivity index (χ2n) is 4.56. The Morgan fingerprint density at radius 2 is 1.94 bits per heavy atom. The van der Waals surface area contributed by atoms with Crippen molar-refractivity contribution in [1.29, 1.82) is 0 Å². The average Bonchev–Trinajstić information content (AvgIpc) is 2.13. The number of aliphatic hydroxyl groups is 1. The van der Waals surface area contributed by atoms with Crippen LogP contribution in [-0.4, -0.2) is 56.8 Å². The quantitative estimate of drug-likeness (QED) is 0.644. The maximum Gasteiger partial charge on any atom is 0.240 e. The highest BCUT2D eigenvalue weighted by Crippen LogP contribution is 2.08. The molecule has 0 aliphatic carbocycles. The van der Waals surface area contributed by atoms with Gasteiger partial charge in [0.05, 0.1) is 12.9 Å². The molecule has 1 amide bonds. The summed E-state index contributed by atoms with van der Waals surface area (Å²) < 4.78 is 24.7. The number of carbonyl (C=O) groups excluding carboxylic acids is 1. The van der Waals surface area contributed by atoms with E-state index in [-0.39, 0.29) is 25.0 Å². The molecule has 0 saturated heterocycles. The molecule has 0 heterocycles. The first-order valence-corrected chi connectivity index (χ1v) is 7.39. The third kappa shape index (κ3) is 7.30. The van der Waals surface area contributed by atoms with Crippen molar-refractivity contribution in [3.05, 3.63) is 0 Å². The van der Waals surface area contributed by atoms with Gasteiger partial charge in [-0.15, -0.1) is 0 Å². The van der Waals surface area contributed by atoms with E-state index in [0.717, 1.165) is 6.26 Å². The van der Waals surface area contributed by atoms with Crippen LogP contribution in [0.5, 0.6) is 0 Å². The lowest BCUT2D eigenvalue weighted by atomic mass is 10.0. The van der Waals surface area contributed by atoms with Gasteiger partial charge in [-0.05, 0) is 12.3 Å². The zero-order valence-electron chi connectivity index (χ0n) is 10.8. The van der Waals surface area contributed by atoms with E-state index < -0.39 is 16.1 Å². The van der Waals surface area contributed by atoms with Crippen molar-refractivity contribution < 1.29 is 18.3 Å². The van der Waals surface area contributed by atoms with E-state index in [1.807, 2.05) is 13.8 Å². The minimum Gasteiger partial charge on any atom is -0.395 e. The zero-order valence-corrected chi connectivity index (χ0v) is 11.6. The Hall–Kier alpha value is -0.660. The van der Waals surface area contributed by atoms with Crippen LogP contribution in [0.2, 0.25) is 0 Å². The van der Waals surface area contributed by atoms with Gasteiger partial charge in [-0.2, -0.15) is 0 Å². The van der Waals surface area contributed by atoms with Gasteiger partial charge in [0.2, 0.25) is 15.9 Å². The predicted molar refractivity (Wildman–Crippen MR) is 65.9 cm³/mol. The van der Waals surface area contributed by atoms with Crippen molar-refractivity contribution in [1.82, 2.24) is 9.62 Å². The smallest absolute Gasteiger partial charge is 0.240 e. The fourth-order valence-corrected chi connectivity index (χ4v) is 2.17. The van der Waals surface area contributed by atoms with Crippen LogP contribution < -0.4 is 4.72 Å². The standard InChI is InChI=1S/C10H22N2O4S/c1-8(2)7-9(11-17(4,15)16)10(14)12(3)5-6-13/h8-9,11,13H,5-7H2,1-4H3. The van der Waals surface area contributed by atoms with E-state index in [0.29, 0.717) is 6.42 Å². The summed E-state index contributed by atoms with van der Waals surface area (Å²) >= 11 is 0. The molecular weight excluding hydrogens is 244 g/mol. The first-order chi connectivity index (χ1) is 7.67. The van der Waals surface area contributed by atoms with Gasteiger partial charge in [0.1, 0.15) is 6.04 Å². The Morgan fingerprint density at radius 1 is 1.41 bits per heavy atom. The molecule has 6 nitrogen and oxygen atoms in total. The third-order valence-electron chi connectivity index (χ3n) is 2.17. The lowest BCUT2D eigenvalue weighted by Crippen LogP contribution is -2.48. The maximum absolute atomic E-state index is 11.9. The van der Waals surface area contributed by atoms with Crippen molar-refractivity contribution in [3.63, 3.8) is 0 Å². The highest BCUT2D eigenvalue weighted by molar-refractivity contribution is 7.88. The lowest BCUT2D eigenvalue weighted by molar-refractivity contribution is -0.132. The number of amides is 1. The van der Waals surface area contributed by atoms with Crippen LogP contribution in [0.3, 0.4) is 0 Å². The average molecular weight is 266 g/mol. The fourth-order valence-electron chi connectivity index (χ4n) is 1.46. The minimum atomic E-state index is -3.42. The minimum absolute atomic E-state index is 0.143. The van der Waals surface area contributed by atoms with Crippen LogP contribution in [0, 0.1) is 5.92 Å². The molecular formula is C10H22N2O4S. The summed E-state index contributed by atoms with van der Waals surface area (Å²) in [6.07, 6.45) is 1.46. The second kappa shape index (κ2) is 6.93. The van der Waals surface area contributed by atoms with E-state index in [4.69, 9.17) is 5.11 Å². The van der Waals surface area contributed by atoms with E-state index in [2.05, 4.69) is 4.72 Å².